The monoisotopic (exact) mass is 286 g/mol. The van der Waals surface area contributed by atoms with Gasteiger partial charge in [0.2, 0.25) is 0 Å². The van der Waals surface area contributed by atoms with Crippen LogP contribution in [0.3, 0.4) is 0 Å². The Labute approximate surface area is 124 Å². The highest BCUT2D eigenvalue weighted by molar-refractivity contribution is 6.01. The van der Waals surface area contributed by atoms with Crippen molar-refractivity contribution in [2.45, 2.75) is 47.1 Å². The average molecular weight is 286 g/mol. The van der Waals surface area contributed by atoms with Crippen LogP contribution in [0.2, 0.25) is 0 Å². The van der Waals surface area contributed by atoms with Crippen molar-refractivity contribution in [2.75, 3.05) is 0 Å². The average Bonchev–Trinajstić information content (AvgIpc) is 2.72. The van der Waals surface area contributed by atoms with Crippen LogP contribution in [0.1, 0.15) is 56.8 Å². The third-order valence-electron chi connectivity index (χ3n) is 5.53. The van der Waals surface area contributed by atoms with Gasteiger partial charge in [-0.25, -0.2) is 9.78 Å². The van der Waals surface area contributed by atoms with Gasteiger partial charge in [-0.15, -0.1) is 0 Å². The van der Waals surface area contributed by atoms with Gasteiger partial charge in [-0.05, 0) is 23.0 Å². The second-order valence-corrected chi connectivity index (χ2v) is 7.08. The number of aromatic carboxylic acids is 1. The molecular formula is C17H22N2O2. The first-order chi connectivity index (χ1) is 9.73. The molecule has 2 aromatic rings. The van der Waals surface area contributed by atoms with Crippen LogP contribution in [-0.4, -0.2) is 20.6 Å². The summed E-state index contributed by atoms with van der Waals surface area (Å²) >= 11 is 0. The third kappa shape index (κ3) is 1.68. The molecule has 0 bridgehead atoms. The zero-order valence-corrected chi connectivity index (χ0v) is 13.3. The SMILES string of the molecule is CCc1nc2cccc(C(=O)O)c2n1C1C(C)(C)C1(C)C. The summed E-state index contributed by atoms with van der Waals surface area (Å²) in [5.74, 6) is 0.0861. The largest absolute Gasteiger partial charge is 0.478 e. The maximum absolute atomic E-state index is 11.6. The van der Waals surface area contributed by atoms with Crippen molar-refractivity contribution in [2.24, 2.45) is 10.8 Å². The molecule has 0 spiro atoms. The van der Waals surface area contributed by atoms with Gasteiger partial charge in [0.25, 0.3) is 0 Å². The number of para-hydroxylation sites is 1. The fraction of sp³-hybridized carbons (Fsp3) is 0.529. The van der Waals surface area contributed by atoms with E-state index in [1.54, 1.807) is 12.1 Å². The Kier molecular flexibility index (Phi) is 2.75. The van der Waals surface area contributed by atoms with Gasteiger partial charge in [0.15, 0.2) is 0 Å². The van der Waals surface area contributed by atoms with E-state index in [9.17, 15) is 9.90 Å². The number of hydrogen-bond donors (Lipinski definition) is 1. The molecule has 0 aliphatic heterocycles. The zero-order valence-electron chi connectivity index (χ0n) is 13.3. The predicted octanol–water partition coefficient (Wildman–Crippen LogP) is 3.90. The van der Waals surface area contributed by atoms with Crippen LogP contribution in [0.25, 0.3) is 11.0 Å². The quantitative estimate of drug-likeness (QED) is 0.931. The minimum atomic E-state index is -0.888. The molecule has 0 saturated heterocycles. The second kappa shape index (κ2) is 4.09. The standard InChI is InChI=1S/C17H22N2O2/c1-6-12-18-11-9-7-8-10(14(20)21)13(11)19(12)15-16(2,3)17(15,4)5/h7-9,15H,6H2,1-5H3,(H,20,21). The number of carboxylic acids is 1. The van der Waals surface area contributed by atoms with Crippen molar-refractivity contribution >= 4 is 17.0 Å². The minimum Gasteiger partial charge on any atom is -0.478 e. The molecule has 3 rings (SSSR count). The predicted molar refractivity (Wildman–Crippen MR) is 82.7 cm³/mol. The van der Waals surface area contributed by atoms with Gasteiger partial charge in [-0.3, -0.25) is 0 Å². The van der Waals surface area contributed by atoms with E-state index in [1.165, 1.54) is 0 Å². The number of rotatable bonds is 3. The lowest BCUT2D eigenvalue weighted by atomic mass is 10.0. The summed E-state index contributed by atoms with van der Waals surface area (Å²) in [6.07, 6.45) is 0.802. The fourth-order valence-corrected chi connectivity index (χ4v) is 3.70. The van der Waals surface area contributed by atoms with Gasteiger partial charge in [-0.1, -0.05) is 40.7 Å². The van der Waals surface area contributed by atoms with Gasteiger partial charge < -0.3 is 9.67 Å². The van der Waals surface area contributed by atoms with Gasteiger partial charge in [0, 0.05) is 12.5 Å². The maximum Gasteiger partial charge on any atom is 0.337 e. The molecule has 4 nitrogen and oxygen atoms in total. The van der Waals surface area contributed by atoms with Crippen molar-refractivity contribution in [3.05, 3.63) is 29.6 Å². The molecule has 1 N–H and O–H groups in total. The highest BCUT2D eigenvalue weighted by Crippen LogP contribution is 2.72. The summed E-state index contributed by atoms with van der Waals surface area (Å²) in [5, 5.41) is 9.51. The Morgan fingerprint density at radius 2 is 1.90 bits per heavy atom. The van der Waals surface area contributed by atoms with Crippen molar-refractivity contribution in [1.29, 1.82) is 0 Å². The van der Waals surface area contributed by atoms with Crippen molar-refractivity contribution < 1.29 is 9.90 Å². The number of fused-ring (bicyclic) bond motifs is 1. The molecule has 0 unspecified atom stereocenters. The van der Waals surface area contributed by atoms with Crippen molar-refractivity contribution in [3.8, 4) is 0 Å². The lowest BCUT2D eigenvalue weighted by Crippen LogP contribution is -2.08. The molecule has 4 heteroatoms. The first-order valence-electron chi connectivity index (χ1n) is 7.46. The molecule has 112 valence electrons. The molecule has 1 aromatic heterocycles. The van der Waals surface area contributed by atoms with Crippen LogP contribution < -0.4 is 0 Å². The number of carboxylic acid groups (broad SMARTS) is 1. The molecule has 21 heavy (non-hydrogen) atoms. The Morgan fingerprint density at radius 3 is 2.38 bits per heavy atom. The second-order valence-electron chi connectivity index (χ2n) is 7.08. The van der Waals surface area contributed by atoms with Crippen molar-refractivity contribution in [1.82, 2.24) is 9.55 Å². The molecule has 1 fully saturated rings. The Morgan fingerprint density at radius 1 is 1.29 bits per heavy atom. The summed E-state index contributed by atoms with van der Waals surface area (Å²) in [6.45, 7) is 11.0. The Balaban J connectivity index is 2.34. The van der Waals surface area contributed by atoms with Crippen LogP contribution in [-0.2, 0) is 6.42 Å². The minimum absolute atomic E-state index is 0.135. The van der Waals surface area contributed by atoms with E-state index >= 15 is 0 Å². The lowest BCUT2D eigenvalue weighted by Gasteiger charge is -2.12. The number of benzene rings is 1. The third-order valence-corrected chi connectivity index (χ3v) is 5.53. The summed E-state index contributed by atoms with van der Waals surface area (Å²) in [5.41, 5.74) is 2.17. The highest BCUT2D eigenvalue weighted by Gasteiger charge is 2.66. The van der Waals surface area contributed by atoms with E-state index in [-0.39, 0.29) is 16.9 Å². The van der Waals surface area contributed by atoms with E-state index in [4.69, 9.17) is 0 Å². The summed E-state index contributed by atoms with van der Waals surface area (Å²) in [6, 6.07) is 5.63. The Hall–Kier alpha value is -1.84. The number of nitrogens with zero attached hydrogens (tertiary/aromatic N) is 2. The zero-order chi connectivity index (χ0) is 15.6. The summed E-state index contributed by atoms with van der Waals surface area (Å²) in [4.78, 5) is 16.3. The molecule has 0 radical (unpaired) electrons. The van der Waals surface area contributed by atoms with Crippen LogP contribution >= 0.6 is 0 Å². The van der Waals surface area contributed by atoms with E-state index in [1.807, 2.05) is 6.07 Å². The van der Waals surface area contributed by atoms with E-state index in [2.05, 4.69) is 44.2 Å². The van der Waals surface area contributed by atoms with Crippen LogP contribution in [0.5, 0.6) is 0 Å². The van der Waals surface area contributed by atoms with Crippen LogP contribution in [0.15, 0.2) is 18.2 Å². The Bertz CT molecular complexity index is 727. The van der Waals surface area contributed by atoms with Crippen LogP contribution in [0.4, 0.5) is 0 Å². The number of carbonyl (C=O) groups is 1. The summed E-state index contributed by atoms with van der Waals surface area (Å²) < 4.78 is 2.18. The molecule has 0 atom stereocenters. The van der Waals surface area contributed by atoms with E-state index < -0.39 is 5.97 Å². The van der Waals surface area contributed by atoms with Crippen LogP contribution in [0, 0.1) is 10.8 Å². The molecule has 1 saturated carbocycles. The highest BCUT2D eigenvalue weighted by atomic mass is 16.4. The fourth-order valence-electron chi connectivity index (χ4n) is 3.70. The number of aryl methyl sites for hydroxylation is 1. The topological polar surface area (TPSA) is 55.1 Å². The lowest BCUT2D eigenvalue weighted by molar-refractivity contribution is 0.0698. The molecular weight excluding hydrogens is 264 g/mol. The van der Waals surface area contributed by atoms with Gasteiger partial charge in [0.1, 0.15) is 5.82 Å². The molecule has 1 aliphatic carbocycles. The van der Waals surface area contributed by atoms with Gasteiger partial charge >= 0.3 is 5.97 Å². The molecule has 0 amide bonds. The van der Waals surface area contributed by atoms with E-state index in [0.29, 0.717) is 5.56 Å². The van der Waals surface area contributed by atoms with E-state index in [0.717, 1.165) is 23.3 Å². The maximum atomic E-state index is 11.6. The normalized spacial score (nSPS) is 19.9. The molecule has 1 aliphatic rings. The van der Waals surface area contributed by atoms with Gasteiger partial charge in [0.05, 0.1) is 16.6 Å². The first-order valence-corrected chi connectivity index (χ1v) is 7.46. The van der Waals surface area contributed by atoms with Gasteiger partial charge in [-0.2, -0.15) is 0 Å². The van der Waals surface area contributed by atoms with Crippen molar-refractivity contribution in [3.63, 3.8) is 0 Å². The number of imidazole rings is 1. The smallest absolute Gasteiger partial charge is 0.337 e. The molecule has 1 aromatic carbocycles. The molecule has 1 heterocycles. The number of hydrogen-bond acceptors (Lipinski definition) is 2. The first kappa shape index (κ1) is 14.1. The summed E-state index contributed by atoms with van der Waals surface area (Å²) in [7, 11) is 0. The number of aromatic nitrogens is 2.